The SMILES string of the molecule is COCCn1ncc(-c2ccc(-c3cnc(C(=O)Nc4ccc(C(=O)N5CCC(C(=O)NCCCc6cc[n+](CC(=O)O)c(CCCNC(=O)OC(C)(C)C)c6)CC5)c(Cl)c4)n3C)c(F)c2F)c1C. The van der Waals surface area contributed by atoms with Crippen LogP contribution in [0.1, 0.15) is 84.4 Å². The number of halogens is 3. The van der Waals surface area contributed by atoms with Crippen molar-refractivity contribution in [3.63, 3.8) is 0 Å². The van der Waals surface area contributed by atoms with Gasteiger partial charge in [-0.1, -0.05) is 17.7 Å². The maximum atomic E-state index is 15.6. The number of pyridine rings is 1. The number of amides is 4. The summed E-state index contributed by atoms with van der Waals surface area (Å²) < 4.78 is 46.2. The van der Waals surface area contributed by atoms with Crippen LogP contribution in [0.5, 0.6) is 0 Å². The number of rotatable bonds is 19. The van der Waals surface area contributed by atoms with Gasteiger partial charge < -0.3 is 40.0 Å². The number of ether oxygens (including phenoxy) is 2. The molecular formula is C49H59ClF2N9O8+. The maximum Gasteiger partial charge on any atom is 0.407 e. The number of aromatic nitrogens is 5. The quantitative estimate of drug-likeness (QED) is 0.0521. The van der Waals surface area contributed by atoms with Gasteiger partial charge in [-0.2, -0.15) is 9.67 Å². The standard InChI is InChI=1S/C49H58ClF2N9O8/c1-30-38(27-56-61(30)23-24-68-6)35-13-14-37(43(52)42(35)51)40-28-55-44(58(40)5)46(65)57-33-11-12-36(39(50)26-33)47(66)59-21-16-32(17-22-59)45(64)53-18-7-9-31-15-20-60(29-41(62)63)34(25-31)10-8-19-54-48(67)69-49(2,3)4/h11-15,20,25-28,32H,7-10,16-19,21-24,29H2,1-6H3,(H3-,53,54,57,62,63,64,65,66,67)/p+1. The molecule has 1 fully saturated rings. The first-order valence-corrected chi connectivity index (χ1v) is 23.1. The summed E-state index contributed by atoms with van der Waals surface area (Å²) in [5.41, 5.74) is 2.94. The minimum atomic E-state index is -1.10. The first-order valence-electron chi connectivity index (χ1n) is 22.7. The second-order valence-corrected chi connectivity index (χ2v) is 18.3. The van der Waals surface area contributed by atoms with Crippen molar-refractivity contribution in [1.29, 1.82) is 0 Å². The molecule has 0 unspecified atom stereocenters. The van der Waals surface area contributed by atoms with Crippen LogP contribution in [0, 0.1) is 24.5 Å². The number of benzene rings is 2. The van der Waals surface area contributed by atoms with Crippen molar-refractivity contribution in [2.24, 2.45) is 13.0 Å². The molecule has 17 nitrogen and oxygen atoms in total. The highest BCUT2D eigenvalue weighted by molar-refractivity contribution is 6.34. The molecule has 0 atom stereocenters. The monoisotopic (exact) mass is 974 g/mol. The summed E-state index contributed by atoms with van der Waals surface area (Å²) >= 11 is 6.58. The molecule has 4 amide bonds. The van der Waals surface area contributed by atoms with Crippen LogP contribution in [0.15, 0.2) is 61.1 Å². The van der Waals surface area contributed by atoms with Gasteiger partial charge in [0, 0.05) is 92.9 Å². The van der Waals surface area contributed by atoms with Crippen LogP contribution in [-0.4, -0.2) is 105 Å². The number of aryl methyl sites for hydroxylation is 2. The number of piperidine rings is 1. The Balaban J connectivity index is 0.964. The number of alkyl carbamates (subject to hydrolysis) is 1. The van der Waals surface area contributed by atoms with Crippen LogP contribution in [-0.2, 0) is 52.0 Å². The second-order valence-electron chi connectivity index (χ2n) is 17.9. The number of carbonyl (C=O) groups excluding carboxylic acids is 4. The van der Waals surface area contributed by atoms with E-state index in [0.717, 1.165) is 11.3 Å². The van der Waals surface area contributed by atoms with Gasteiger partial charge in [0.1, 0.15) is 5.60 Å². The molecule has 6 rings (SSSR count). The Morgan fingerprint density at radius 2 is 1.62 bits per heavy atom. The van der Waals surface area contributed by atoms with E-state index in [2.05, 4.69) is 26.0 Å². The second kappa shape index (κ2) is 23.0. The molecule has 4 heterocycles. The molecule has 368 valence electrons. The molecule has 0 bridgehead atoms. The van der Waals surface area contributed by atoms with Crippen LogP contribution < -0.4 is 20.5 Å². The molecule has 1 aliphatic rings. The smallest absolute Gasteiger partial charge is 0.407 e. The van der Waals surface area contributed by atoms with Crippen LogP contribution in [0.3, 0.4) is 0 Å². The Kier molecular flexibility index (Phi) is 17.3. The van der Waals surface area contributed by atoms with Gasteiger partial charge in [0.05, 0.1) is 41.8 Å². The third-order valence-corrected chi connectivity index (χ3v) is 12.1. The van der Waals surface area contributed by atoms with E-state index in [1.807, 2.05) is 12.1 Å². The van der Waals surface area contributed by atoms with Crippen molar-refractivity contribution in [3.8, 4) is 22.4 Å². The molecule has 4 N–H and O–H groups in total. The van der Waals surface area contributed by atoms with Crippen molar-refractivity contribution < 1.29 is 51.9 Å². The molecule has 2 aromatic carbocycles. The average molecular weight is 976 g/mol. The fourth-order valence-electron chi connectivity index (χ4n) is 8.13. The molecule has 0 spiro atoms. The lowest BCUT2D eigenvalue weighted by atomic mass is 9.95. The van der Waals surface area contributed by atoms with Gasteiger partial charge >= 0.3 is 12.1 Å². The number of likely N-dealkylation sites (tertiary alicyclic amines) is 1. The van der Waals surface area contributed by atoms with E-state index < -0.39 is 35.2 Å². The number of hydrogen-bond donors (Lipinski definition) is 4. The zero-order chi connectivity index (χ0) is 50.0. The highest BCUT2D eigenvalue weighted by atomic mass is 35.5. The zero-order valence-corrected chi connectivity index (χ0v) is 40.4. The number of methoxy groups -OCH3 is 1. The number of anilines is 1. The van der Waals surface area contributed by atoms with E-state index in [4.69, 9.17) is 21.1 Å². The Morgan fingerprint density at radius 3 is 2.32 bits per heavy atom. The molecule has 0 saturated carbocycles. The Bertz CT molecular complexity index is 2690. The Labute approximate surface area is 404 Å². The minimum Gasteiger partial charge on any atom is -0.477 e. The fourth-order valence-corrected chi connectivity index (χ4v) is 8.39. The lowest BCUT2D eigenvalue weighted by molar-refractivity contribution is -0.693. The molecule has 1 saturated heterocycles. The van der Waals surface area contributed by atoms with Gasteiger partial charge in [-0.25, -0.2) is 23.4 Å². The highest BCUT2D eigenvalue weighted by Gasteiger charge is 2.29. The summed E-state index contributed by atoms with van der Waals surface area (Å²) in [5, 5.41) is 22.2. The third kappa shape index (κ3) is 13.3. The lowest BCUT2D eigenvalue weighted by Gasteiger charge is -2.31. The maximum absolute atomic E-state index is 15.6. The number of carboxylic acid groups (broad SMARTS) is 1. The molecule has 0 radical (unpaired) electrons. The van der Waals surface area contributed by atoms with Gasteiger partial charge in [0.25, 0.3) is 11.8 Å². The number of hydrogen-bond acceptors (Lipinski definition) is 9. The largest absolute Gasteiger partial charge is 0.477 e. The van der Waals surface area contributed by atoms with Gasteiger partial charge in [-0.15, -0.1) is 0 Å². The molecule has 1 aliphatic heterocycles. The van der Waals surface area contributed by atoms with E-state index in [9.17, 15) is 29.1 Å². The summed E-state index contributed by atoms with van der Waals surface area (Å²) in [6, 6.07) is 11.2. The molecule has 69 heavy (non-hydrogen) atoms. The van der Waals surface area contributed by atoms with E-state index in [1.165, 1.54) is 54.3 Å². The number of carbonyl (C=O) groups is 5. The number of nitrogens with zero attached hydrogens (tertiary/aromatic N) is 6. The van der Waals surface area contributed by atoms with Gasteiger partial charge in [-0.05, 0) is 89.6 Å². The third-order valence-electron chi connectivity index (χ3n) is 11.8. The molecule has 20 heteroatoms. The number of aliphatic carboxylic acids is 1. The average Bonchev–Trinajstić information content (AvgIpc) is 3.87. The summed E-state index contributed by atoms with van der Waals surface area (Å²) in [6.45, 7) is 9.28. The van der Waals surface area contributed by atoms with E-state index >= 15 is 8.78 Å². The van der Waals surface area contributed by atoms with E-state index in [0.29, 0.717) is 89.1 Å². The minimum absolute atomic E-state index is 0.0460. The lowest BCUT2D eigenvalue weighted by Crippen LogP contribution is -2.43. The topological polar surface area (TPSA) is 203 Å². The summed E-state index contributed by atoms with van der Waals surface area (Å²) in [5.74, 6) is -4.53. The normalized spacial score (nSPS) is 13.0. The van der Waals surface area contributed by atoms with Crippen molar-refractivity contribution in [3.05, 3.63) is 106 Å². The zero-order valence-electron chi connectivity index (χ0n) is 39.7. The first-order chi connectivity index (χ1) is 32.8. The van der Waals surface area contributed by atoms with Crippen molar-refractivity contribution in [1.82, 2.24) is 34.9 Å². The molecule has 3 aromatic heterocycles. The van der Waals surface area contributed by atoms with E-state index in [-0.39, 0.29) is 63.2 Å². The molecule has 5 aromatic rings. The first kappa shape index (κ1) is 51.7. The predicted molar refractivity (Wildman–Crippen MR) is 253 cm³/mol. The van der Waals surface area contributed by atoms with Crippen LogP contribution in [0.2, 0.25) is 5.02 Å². The van der Waals surface area contributed by atoms with Gasteiger partial charge in [0.15, 0.2) is 29.3 Å². The number of imidazole rings is 1. The van der Waals surface area contributed by atoms with Crippen LogP contribution in [0.25, 0.3) is 22.4 Å². The predicted octanol–water partition coefficient (Wildman–Crippen LogP) is 6.52. The van der Waals surface area contributed by atoms with E-state index in [1.54, 1.807) is 55.2 Å². The summed E-state index contributed by atoms with van der Waals surface area (Å²) in [6.07, 6.45) is 7.36. The van der Waals surface area contributed by atoms with Crippen LogP contribution >= 0.6 is 11.6 Å². The highest BCUT2D eigenvalue weighted by Crippen LogP contribution is 2.33. The van der Waals surface area contributed by atoms with Gasteiger partial charge in [-0.3, -0.25) is 19.1 Å². The van der Waals surface area contributed by atoms with Gasteiger partial charge in [0.2, 0.25) is 12.5 Å². The fraction of sp³-hybridized carbons (Fsp3) is 0.429. The molecular weight excluding hydrogens is 916 g/mol. The number of nitrogens with one attached hydrogen (secondary N) is 3. The van der Waals surface area contributed by atoms with Crippen molar-refractivity contribution >= 4 is 47.1 Å². The van der Waals surface area contributed by atoms with Crippen molar-refractivity contribution in [2.45, 2.75) is 84.9 Å². The molecule has 0 aliphatic carbocycles. The van der Waals surface area contributed by atoms with Crippen molar-refractivity contribution in [2.75, 3.05) is 45.2 Å². The summed E-state index contributed by atoms with van der Waals surface area (Å²) in [4.78, 5) is 69.4. The Hall–Kier alpha value is -6.73. The summed E-state index contributed by atoms with van der Waals surface area (Å²) in [7, 11) is 3.08. The Morgan fingerprint density at radius 1 is 0.928 bits per heavy atom. The number of carboxylic acids is 1. The van der Waals surface area contributed by atoms with Crippen LogP contribution in [0.4, 0.5) is 19.3 Å².